The van der Waals surface area contributed by atoms with E-state index >= 15 is 0 Å². The average Bonchev–Trinajstić information content (AvgIpc) is 2.85. The number of fused-ring (bicyclic) bond motifs is 1. The molecule has 6 rings (SSSR count). The monoisotopic (exact) mass is 347 g/mol. The highest BCUT2D eigenvalue weighted by atomic mass is 16.2. The fraction of sp³-hybridized carbons (Fsp3) is 0.500. The number of rotatable bonds is 2. The zero-order valence-electron chi connectivity index (χ0n) is 15.3. The van der Waals surface area contributed by atoms with Crippen molar-refractivity contribution in [3.63, 3.8) is 0 Å². The molecule has 2 aliphatic heterocycles. The third-order valence-electron chi connectivity index (χ3n) is 6.55. The fourth-order valence-electron chi connectivity index (χ4n) is 5.63. The molecular formula is C22H25N3O. The van der Waals surface area contributed by atoms with Gasteiger partial charge in [-0.25, -0.2) is 9.97 Å². The highest BCUT2D eigenvalue weighted by Crippen LogP contribution is 2.47. The van der Waals surface area contributed by atoms with Crippen LogP contribution >= 0.6 is 0 Å². The van der Waals surface area contributed by atoms with Gasteiger partial charge in [0.1, 0.15) is 5.82 Å². The first kappa shape index (κ1) is 16.0. The van der Waals surface area contributed by atoms with E-state index in [4.69, 9.17) is 0 Å². The maximum absolute atomic E-state index is 13.6. The first-order valence-electron chi connectivity index (χ1n) is 9.87. The Morgan fingerprint density at radius 3 is 2.42 bits per heavy atom. The van der Waals surface area contributed by atoms with Gasteiger partial charge in [-0.1, -0.05) is 30.3 Å². The average molecular weight is 347 g/mol. The van der Waals surface area contributed by atoms with Gasteiger partial charge in [-0.3, -0.25) is 4.79 Å². The van der Waals surface area contributed by atoms with Crippen LogP contribution in [0.2, 0.25) is 0 Å². The molecule has 2 saturated carbocycles. The highest BCUT2D eigenvalue weighted by molar-refractivity contribution is 5.99. The van der Waals surface area contributed by atoms with Crippen LogP contribution < -0.4 is 0 Å². The zero-order chi connectivity index (χ0) is 17.7. The van der Waals surface area contributed by atoms with Crippen LogP contribution in [0, 0.1) is 24.7 Å². The van der Waals surface area contributed by atoms with Crippen LogP contribution in [0.25, 0.3) is 11.3 Å². The standard InChI is InChI=1S/C22H25N3O/c1-14-23-12-20(21(24-14)18-5-3-2-4-6-18)22(26)25-13-17-8-15-7-16(9-17)11-19(25)10-15/h2-6,12,15-17,19H,7-11,13H2,1H3. The molecule has 0 spiro atoms. The quantitative estimate of drug-likeness (QED) is 0.821. The molecule has 1 aromatic carbocycles. The van der Waals surface area contributed by atoms with E-state index in [0.29, 0.717) is 23.3 Å². The number of aryl methyl sites for hydroxylation is 1. The van der Waals surface area contributed by atoms with Gasteiger partial charge >= 0.3 is 0 Å². The number of benzene rings is 1. The Morgan fingerprint density at radius 1 is 1.00 bits per heavy atom. The Balaban J connectivity index is 1.53. The molecule has 2 aromatic rings. The van der Waals surface area contributed by atoms with Crippen molar-refractivity contribution in [3.8, 4) is 11.3 Å². The van der Waals surface area contributed by atoms with E-state index < -0.39 is 0 Å². The fourth-order valence-corrected chi connectivity index (χ4v) is 5.63. The predicted octanol–water partition coefficient (Wildman–Crippen LogP) is 4.10. The third-order valence-corrected chi connectivity index (χ3v) is 6.55. The minimum absolute atomic E-state index is 0.127. The van der Waals surface area contributed by atoms with E-state index in [2.05, 4.69) is 14.9 Å². The van der Waals surface area contributed by atoms with Crippen LogP contribution in [0.4, 0.5) is 0 Å². The van der Waals surface area contributed by atoms with Gasteiger partial charge in [0.15, 0.2) is 0 Å². The largest absolute Gasteiger partial charge is 0.335 e. The van der Waals surface area contributed by atoms with E-state index in [1.54, 1.807) is 6.20 Å². The van der Waals surface area contributed by atoms with Crippen molar-refractivity contribution >= 4 is 5.91 Å². The van der Waals surface area contributed by atoms with E-state index in [0.717, 1.165) is 29.6 Å². The van der Waals surface area contributed by atoms with Crippen LogP contribution in [0.1, 0.15) is 48.3 Å². The summed E-state index contributed by atoms with van der Waals surface area (Å²) in [5, 5.41) is 0. The lowest BCUT2D eigenvalue weighted by Crippen LogP contribution is -2.42. The molecule has 4 fully saturated rings. The second-order valence-electron chi connectivity index (χ2n) is 8.43. The van der Waals surface area contributed by atoms with E-state index in [-0.39, 0.29) is 5.91 Å². The van der Waals surface area contributed by atoms with Crippen LogP contribution in [0.15, 0.2) is 36.5 Å². The Bertz CT molecular complexity index is 821. The molecule has 26 heavy (non-hydrogen) atoms. The zero-order valence-corrected chi connectivity index (χ0v) is 15.3. The summed E-state index contributed by atoms with van der Waals surface area (Å²) in [4.78, 5) is 24.7. The second kappa shape index (κ2) is 6.19. The van der Waals surface area contributed by atoms with Crippen LogP contribution in [-0.4, -0.2) is 33.4 Å². The number of amides is 1. The molecule has 4 nitrogen and oxygen atoms in total. The summed E-state index contributed by atoms with van der Waals surface area (Å²) in [5.41, 5.74) is 2.41. The van der Waals surface area contributed by atoms with Crippen molar-refractivity contribution in [1.82, 2.24) is 14.9 Å². The van der Waals surface area contributed by atoms with Crippen LogP contribution in [0.5, 0.6) is 0 Å². The molecule has 2 aliphatic carbocycles. The summed E-state index contributed by atoms with van der Waals surface area (Å²) in [7, 11) is 0. The van der Waals surface area contributed by atoms with E-state index in [9.17, 15) is 4.79 Å². The number of aromatic nitrogens is 2. The minimum atomic E-state index is 0.127. The highest BCUT2D eigenvalue weighted by Gasteiger charge is 2.44. The van der Waals surface area contributed by atoms with Crippen molar-refractivity contribution in [3.05, 3.63) is 47.9 Å². The van der Waals surface area contributed by atoms with Crippen molar-refractivity contribution in [1.29, 1.82) is 0 Å². The molecule has 2 saturated heterocycles. The first-order chi connectivity index (χ1) is 12.7. The smallest absolute Gasteiger partial charge is 0.257 e. The number of hydrogen-bond donors (Lipinski definition) is 0. The van der Waals surface area contributed by atoms with Gasteiger partial charge in [0.25, 0.3) is 5.91 Å². The Kier molecular flexibility index (Phi) is 3.80. The molecule has 0 radical (unpaired) electrons. The summed E-state index contributed by atoms with van der Waals surface area (Å²) in [6.45, 7) is 2.80. The molecular weight excluding hydrogens is 322 g/mol. The maximum atomic E-state index is 13.6. The lowest BCUT2D eigenvalue weighted by Gasteiger charge is -2.39. The van der Waals surface area contributed by atoms with Gasteiger partial charge in [-0.05, 0) is 56.8 Å². The lowest BCUT2D eigenvalue weighted by atomic mass is 9.68. The summed E-state index contributed by atoms with van der Waals surface area (Å²) in [6.07, 6.45) is 8.12. The SMILES string of the molecule is Cc1ncc(C(=O)N2CC3CC4CC(C3)CC2C4)c(-c2ccccc2)n1. The summed E-state index contributed by atoms with van der Waals surface area (Å²) < 4.78 is 0. The molecule has 2 unspecified atom stereocenters. The lowest BCUT2D eigenvalue weighted by molar-refractivity contribution is 0.0632. The molecule has 2 atom stereocenters. The molecule has 0 N–H and O–H groups in total. The topological polar surface area (TPSA) is 46.1 Å². The van der Waals surface area contributed by atoms with E-state index in [1.165, 1.54) is 32.1 Å². The molecule has 4 aliphatic rings. The number of nitrogens with zero attached hydrogens (tertiary/aromatic N) is 3. The molecule has 3 heterocycles. The molecule has 4 heteroatoms. The summed E-state index contributed by atoms with van der Waals surface area (Å²) in [5.74, 6) is 3.18. The van der Waals surface area contributed by atoms with Gasteiger partial charge in [-0.15, -0.1) is 0 Å². The van der Waals surface area contributed by atoms with Crippen molar-refractivity contribution in [2.75, 3.05) is 6.54 Å². The Hall–Kier alpha value is -2.23. The van der Waals surface area contributed by atoms with Crippen molar-refractivity contribution in [2.45, 2.75) is 45.1 Å². The first-order valence-corrected chi connectivity index (χ1v) is 9.87. The number of carbonyl (C=O) groups is 1. The van der Waals surface area contributed by atoms with Gasteiger partial charge in [-0.2, -0.15) is 0 Å². The molecule has 1 amide bonds. The predicted molar refractivity (Wildman–Crippen MR) is 101 cm³/mol. The van der Waals surface area contributed by atoms with Gasteiger partial charge in [0, 0.05) is 24.3 Å². The molecule has 134 valence electrons. The summed E-state index contributed by atoms with van der Waals surface area (Å²) >= 11 is 0. The minimum Gasteiger partial charge on any atom is -0.335 e. The Labute approximate surface area is 154 Å². The van der Waals surface area contributed by atoms with Crippen LogP contribution in [0.3, 0.4) is 0 Å². The number of hydrogen-bond acceptors (Lipinski definition) is 3. The van der Waals surface area contributed by atoms with Crippen molar-refractivity contribution < 1.29 is 4.79 Å². The molecule has 4 bridgehead atoms. The van der Waals surface area contributed by atoms with Crippen LogP contribution in [-0.2, 0) is 0 Å². The van der Waals surface area contributed by atoms with Gasteiger partial charge in [0.05, 0.1) is 11.3 Å². The van der Waals surface area contributed by atoms with Gasteiger partial charge < -0.3 is 4.90 Å². The van der Waals surface area contributed by atoms with Gasteiger partial charge in [0.2, 0.25) is 0 Å². The summed E-state index contributed by atoms with van der Waals surface area (Å²) in [6, 6.07) is 10.4. The molecule has 1 aromatic heterocycles. The third kappa shape index (κ3) is 2.72. The maximum Gasteiger partial charge on any atom is 0.257 e. The second-order valence-corrected chi connectivity index (χ2v) is 8.43. The van der Waals surface area contributed by atoms with Crippen molar-refractivity contribution in [2.24, 2.45) is 17.8 Å². The van der Waals surface area contributed by atoms with E-state index in [1.807, 2.05) is 37.3 Å². The normalized spacial score (nSPS) is 29.7. The number of carbonyl (C=O) groups excluding carboxylic acids is 1. The Morgan fingerprint density at radius 2 is 1.69 bits per heavy atom.